The van der Waals surface area contributed by atoms with Crippen molar-refractivity contribution >= 4 is 40.9 Å². The molecule has 0 radical (unpaired) electrons. The number of alkyl halides is 3. The lowest BCUT2D eigenvalue weighted by molar-refractivity contribution is 0.0316. The van der Waals surface area contributed by atoms with Gasteiger partial charge in [0.2, 0.25) is 3.79 Å². The van der Waals surface area contributed by atoms with Crippen LogP contribution in [0.25, 0.3) is 0 Å². The third-order valence-corrected chi connectivity index (χ3v) is 1.81. The minimum absolute atomic E-state index is 0.378. The van der Waals surface area contributed by atoms with E-state index in [1.54, 1.807) is 0 Å². The fourth-order valence-corrected chi connectivity index (χ4v) is 0.972. The standard InChI is InChI=1S/C7H12Cl3NO3/c1-3-4-14-5(7(8,9)10)11-6(12)13-2/h5H,3-4H2,1-2H3,(H,11,12)/t5-/m0/s1. The zero-order valence-corrected chi connectivity index (χ0v) is 10.1. The highest BCUT2D eigenvalue weighted by atomic mass is 35.6. The first-order chi connectivity index (χ1) is 6.41. The second-order valence-corrected chi connectivity index (χ2v) is 4.80. The molecule has 0 saturated heterocycles. The van der Waals surface area contributed by atoms with Crippen LogP contribution in [0, 0.1) is 0 Å². The van der Waals surface area contributed by atoms with Gasteiger partial charge in [-0.3, -0.25) is 5.32 Å². The summed E-state index contributed by atoms with van der Waals surface area (Å²) in [5.74, 6) is 0. The van der Waals surface area contributed by atoms with Gasteiger partial charge < -0.3 is 9.47 Å². The predicted molar refractivity (Wildman–Crippen MR) is 55.9 cm³/mol. The maximum absolute atomic E-state index is 10.8. The molecule has 1 atom stereocenters. The monoisotopic (exact) mass is 263 g/mol. The summed E-state index contributed by atoms with van der Waals surface area (Å²) in [7, 11) is 1.21. The van der Waals surface area contributed by atoms with Crippen molar-refractivity contribution in [1.82, 2.24) is 5.32 Å². The fraction of sp³-hybridized carbons (Fsp3) is 0.857. The van der Waals surface area contributed by atoms with Crippen LogP contribution in [0.2, 0.25) is 0 Å². The summed E-state index contributed by atoms with van der Waals surface area (Å²) in [4.78, 5) is 10.8. The van der Waals surface area contributed by atoms with Crippen LogP contribution in [0.15, 0.2) is 0 Å². The summed E-state index contributed by atoms with van der Waals surface area (Å²) >= 11 is 16.7. The number of halogens is 3. The molecule has 7 heteroatoms. The van der Waals surface area contributed by atoms with Crippen molar-refractivity contribution in [1.29, 1.82) is 0 Å². The summed E-state index contributed by atoms with van der Waals surface area (Å²) in [6.45, 7) is 2.27. The molecule has 14 heavy (non-hydrogen) atoms. The molecular weight excluding hydrogens is 252 g/mol. The largest absolute Gasteiger partial charge is 0.453 e. The van der Waals surface area contributed by atoms with E-state index in [1.165, 1.54) is 7.11 Å². The summed E-state index contributed by atoms with van der Waals surface area (Å²) in [5, 5.41) is 2.26. The number of hydrogen-bond donors (Lipinski definition) is 1. The Hall–Kier alpha value is 0.1000. The van der Waals surface area contributed by atoms with E-state index in [4.69, 9.17) is 39.5 Å². The number of rotatable bonds is 4. The number of hydrogen-bond acceptors (Lipinski definition) is 3. The van der Waals surface area contributed by atoms with Crippen LogP contribution in [-0.2, 0) is 9.47 Å². The molecule has 0 saturated carbocycles. The van der Waals surface area contributed by atoms with Crippen LogP contribution < -0.4 is 5.32 Å². The third kappa shape index (κ3) is 5.75. The fourth-order valence-electron chi connectivity index (χ4n) is 0.620. The van der Waals surface area contributed by atoms with Gasteiger partial charge in [0.25, 0.3) is 0 Å². The van der Waals surface area contributed by atoms with E-state index >= 15 is 0 Å². The van der Waals surface area contributed by atoms with Gasteiger partial charge in [-0.15, -0.1) is 0 Å². The Balaban J connectivity index is 4.18. The molecule has 0 spiro atoms. The first-order valence-electron chi connectivity index (χ1n) is 3.94. The second-order valence-electron chi connectivity index (χ2n) is 2.43. The van der Waals surface area contributed by atoms with Crippen LogP contribution >= 0.6 is 34.8 Å². The van der Waals surface area contributed by atoms with Crippen molar-refractivity contribution in [2.75, 3.05) is 13.7 Å². The van der Waals surface area contributed by atoms with Crippen molar-refractivity contribution in [2.45, 2.75) is 23.4 Å². The molecule has 0 heterocycles. The molecule has 0 aliphatic carbocycles. The highest BCUT2D eigenvalue weighted by Gasteiger charge is 2.35. The number of ether oxygens (including phenoxy) is 2. The highest BCUT2D eigenvalue weighted by Crippen LogP contribution is 2.31. The number of carbonyl (C=O) groups is 1. The molecule has 0 unspecified atom stereocenters. The van der Waals surface area contributed by atoms with E-state index in [-0.39, 0.29) is 0 Å². The van der Waals surface area contributed by atoms with Crippen molar-refractivity contribution in [3.05, 3.63) is 0 Å². The molecule has 0 aliphatic heterocycles. The molecule has 0 aromatic heterocycles. The highest BCUT2D eigenvalue weighted by molar-refractivity contribution is 6.68. The molecular formula is C7H12Cl3NO3. The molecule has 0 aliphatic rings. The van der Waals surface area contributed by atoms with Crippen molar-refractivity contribution in [2.24, 2.45) is 0 Å². The molecule has 0 bridgehead atoms. The number of alkyl carbamates (subject to hydrolysis) is 1. The lowest BCUT2D eigenvalue weighted by atomic mass is 10.5. The first kappa shape index (κ1) is 14.1. The SMILES string of the molecule is CCCO[C@H](NC(=O)OC)C(Cl)(Cl)Cl. The second kappa shape index (κ2) is 6.56. The van der Waals surface area contributed by atoms with Crippen LogP contribution in [0.4, 0.5) is 4.79 Å². The Kier molecular flexibility index (Phi) is 6.61. The van der Waals surface area contributed by atoms with E-state index in [1.807, 2.05) is 6.92 Å². The van der Waals surface area contributed by atoms with Crippen molar-refractivity contribution in [3.63, 3.8) is 0 Å². The van der Waals surface area contributed by atoms with Gasteiger partial charge in [-0.25, -0.2) is 4.79 Å². The molecule has 0 aromatic rings. The van der Waals surface area contributed by atoms with Gasteiger partial charge in [0, 0.05) is 6.61 Å². The van der Waals surface area contributed by atoms with E-state index in [0.29, 0.717) is 6.61 Å². The molecule has 1 N–H and O–H groups in total. The molecule has 0 rings (SSSR count). The van der Waals surface area contributed by atoms with Gasteiger partial charge in [0.05, 0.1) is 7.11 Å². The summed E-state index contributed by atoms with van der Waals surface area (Å²) in [6.07, 6.45) is -0.975. The Bertz CT molecular complexity index is 184. The van der Waals surface area contributed by atoms with E-state index in [2.05, 4.69) is 10.1 Å². The molecule has 0 aromatic carbocycles. The molecule has 0 fully saturated rings. The zero-order valence-electron chi connectivity index (χ0n) is 7.85. The van der Waals surface area contributed by atoms with Crippen LogP contribution in [-0.4, -0.2) is 29.8 Å². The van der Waals surface area contributed by atoms with Crippen molar-refractivity contribution in [3.8, 4) is 0 Å². The van der Waals surface area contributed by atoms with Gasteiger partial charge in [0.1, 0.15) is 0 Å². The Morgan fingerprint density at radius 1 is 1.50 bits per heavy atom. The van der Waals surface area contributed by atoms with E-state index in [9.17, 15) is 4.79 Å². The summed E-state index contributed by atoms with van der Waals surface area (Å²) < 4.78 is 7.75. The first-order valence-corrected chi connectivity index (χ1v) is 5.08. The maximum atomic E-state index is 10.8. The zero-order chi connectivity index (χ0) is 11.2. The smallest absolute Gasteiger partial charge is 0.409 e. The normalized spacial score (nSPS) is 13.5. The Morgan fingerprint density at radius 3 is 2.43 bits per heavy atom. The Morgan fingerprint density at radius 2 is 2.07 bits per heavy atom. The van der Waals surface area contributed by atoms with Crippen molar-refractivity contribution < 1.29 is 14.3 Å². The van der Waals surface area contributed by atoms with Gasteiger partial charge in [0.15, 0.2) is 6.23 Å². The average Bonchev–Trinajstić information content (AvgIpc) is 2.09. The van der Waals surface area contributed by atoms with Gasteiger partial charge in [-0.05, 0) is 6.42 Å². The minimum atomic E-state index is -1.72. The van der Waals surface area contributed by atoms with Crippen LogP contribution in [0.1, 0.15) is 13.3 Å². The molecule has 84 valence electrons. The summed E-state index contributed by atoms with van der Waals surface area (Å²) in [5.41, 5.74) is 0. The maximum Gasteiger partial charge on any atom is 0.409 e. The topological polar surface area (TPSA) is 47.6 Å². The Labute approximate surface area is 97.8 Å². The van der Waals surface area contributed by atoms with Gasteiger partial charge in [-0.1, -0.05) is 41.7 Å². The number of amides is 1. The molecule has 1 amide bonds. The van der Waals surface area contributed by atoms with Crippen LogP contribution in [0.3, 0.4) is 0 Å². The quantitative estimate of drug-likeness (QED) is 0.627. The number of methoxy groups -OCH3 is 1. The van der Waals surface area contributed by atoms with Gasteiger partial charge in [-0.2, -0.15) is 0 Å². The predicted octanol–water partition coefficient (Wildman–Crippen LogP) is 2.47. The summed E-state index contributed by atoms with van der Waals surface area (Å²) in [6, 6.07) is 0. The average molecular weight is 265 g/mol. The van der Waals surface area contributed by atoms with E-state index in [0.717, 1.165) is 6.42 Å². The third-order valence-electron chi connectivity index (χ3n) is 1.22. The minimum Gasteiger partial charge on any atom is -0.453 e. The lowest BCUT2D eigenvalue weighted by Crippen LogP contribution is -2.45. The number of carbonyl (C=O) groups excluding carboxylic acids is 1. The van der Waals surface area contributed by atoms with Crippen LogP contribution in [0.5, 0.6) is 0 Å². The van der Waals surface area contributed by atoms with E-state index < -0.39 is 16.1 Å². The van der Waals surface area contributed by atoms with Gasteiger partial charge >= 0.3 is 6.09 Å². The molecule has 4 nitrogen and oxygen atoms in total. The lowest BCUT2D eigenvalue weighted by Gasteiger charge is -2.24. The number of nitrogens with one attached hydrogen (secondary N) is 1.